The smallest absolute Gasteiger partial charge is 0.0184 e. The Morgan fingerprint density at radius 1 is 0.737 bits per heavy atom. The maximum Gasteiger partial charge on any atom is -0.0184 e. The van der Waals surface area contributed by atoms with Crippen LogP contribution >= 0.6 is 0 Å². The zero-order chi connectivity index (χ0) is 27.3. The van der Waals surface area contributed by atoms with E-state index < -0.39 is 30.1 Å². The van der Waals surface area contributed by atoms with Crippen molar-refractivity contribution in [1.82, 2.24) is 3.26 Å². The summed E-state index contributed by atoms with van der Waals surface area (Å²) in [7, 11) is -1.17. The van der Waals surface area contributed by atoms with Gasteiger partial charge in [-0.25, -0.2) is 0 Å². The first-order valence-electron chi connectivity index (χ1n) is 15.1. The molecule has 4 saturated carbocycles. The molecule has 5 aliphatic carbocycles. The molecule has 0 spiro atoms. The van der Waals surface area contributed by atoms with Gasteiger partial charge in [-0.05, 0) is 11.1 Å². The monoisotopic (exact) mass is 648 g/mol. The minimum Gasteiger partial charge on any atom is -0.0622 e. The Hall–Kier alpha value is -0.694. The zero-order valence-corrected chi connectivity index (χ0v) is 30.1. The maximum atomic E-state index is 4.65. The third-order valence-electron chi connectivity index (χ3n) is 10.4. The average molecular weight is 649 g/mol. The zero-order valence-electron chi connectivity index (χ0n) is 25.2. The molecule has 7 rings (SSSR count). The van der Waals surface area contributed by atoms with Crippen LogP contribution < -0.4 is 3.26 Å². The van der Waals surface area contributed by atoms with Crippen molar-refractivity contribution in [3.63, 3.8) is 0 Å². The summed E-state index contributed by atoms with van der Waals surface area (Å²) in [5, 5.41) is 0. The topological polar surface area (TPSA) is 12.0 Å². The standard InChI is InChI=1S/C12H20N.C12H10.C9H13.C2H7Ge.Zr/c1-10-3-9-4-11(2,6-10)8-12(13,5-9)7-10;1-3-7-11(8-4-1)12-9-5-2-6-10-12;1-6-5-7(2)9(4)8(6)3;1-3-2;/h9,13H,3-8H2,1-2H3;1-10H;6H,1-4H3;3H,1-2H3;/q-1;;;;+1. The number of hydrogen-bond acceptors (Lipinski definition) is 1. The van der Waals surface area contributed by atoms with Crippen LogP contribution in [0.1, 0.15) is 80.1 Å². The van der Waals surface area contributed by atoms with E-state index >= 15 is 0 Å². The predicted molar refractivity (Wildman–Crippen MR) is 164 cm³/mol. The summed E-state index contributed by atoms with van der Waals surface area (Å²) in [4.78, 5) is 0. The van der Waals surface area contributed by atoms with Gasteiger partial charge in [0.25, 0.3) is 0 Å². The van der Waals surface area contributed by atoms with Crippen LogP contribution in [-0.4, -0.2) is 16.1 Å². The maximum absolute atomic E-state index is 4.65. The summed E-state index contributed by atoms with van der Waals surface area (Å²) >= 11 is -1.71. The van der Waals surface area contributed by atoms with Crippen LogP contribution in [0.5, 0.6) is 0 Å². The fourth-order valence-corrected chi connectivity index (χ4v) is 38.1. The molecule has 1 N–H and O–H groups in total. The van der Waals surface area contributed by atoms with Gasteiger partial charge in [0.2, 0.25) is 0 Å². The Morgan fingerprint density at radius 3 is 1.63 bits per heavy atom. The predicted octanol–water partition coefficient (Wildman–Crippen LogP) is 9.46. The number of nitrogens with one attached hydrogen (secondary N) is 1. The van der Waals surface area contributed by atoms with Crippen molar-refractivity contribution >= 4 is 10.6 Å². The fraction of sp³-hybridized carbons (Fsp3) is 0.543. The molecule has 1 nitrogen and oxygen atoms in total. The van der Waals surface area contributed by atoms with Crippen molar-refractivity contribution in [2.24, 2.45) is 22.7 Å². The van der Waals surface area contributed by atoms with Crippen LogP contribution in [0.25, 0.3) is 11.1 Å². The van der Waals surface area contributed by atoms with Crippen molar-refractivity contribution < 1.29 is 19.5 Å². The Morgan fingerprint density at radius 2 is 1.24 bits per heavy atom. The van der Waals surface area contributed by atoms with Gasteiger partial charge in [-0.15, -0.1) is 0 Å². The van der Waals surface area contributed by atoms with Crippen LogP contribution in [0, 0.1) is 22.7 Å². The third kappa shape index (κ3) is 5.71. The summed E-state index contributed by atoms with van der Waals surface area (Å²) in [5.74, 6) is 7.16. The molecule has 0 amide bonds. The number of allylic oxidation sites excluding steroid dienone is 4. The van der Waals surface area contributed by atoms with E-state index in [9.17, 15) is 0 Å². The first kappa shape index (κ1) is 28.8. The van der Waals surface area contributed by atoms with E-state index in [0.717, 1.165) is 11.8 Å². The van der Waals surface area contributed by atoms with E-state index in [0.29, 0.717) is 16.4 Å². The van der Waals surface area contributed by atoms with Gasteiger partial charge >= 0.3 is 173 Å². The van der Waals surface area contributed by atoms with Gasteiger partial charge in [0.1, 0.15) is 0 Å². The van der Waals surface area contributed by atoms with E-state index in [1.165, 1.54) is 49.7 Å². The number of hydrogen-bond donors (Lipinski definition) is 1. The second-order valence-corrected chi connectivity index (χ2v) is 45.1. The molecule has 3 unspecified atom stereocenters. The second-order valence-electron chi connectivity index (χ2n) is 14.4. The SMILES string of the molecule is CC1=C(C)C(C)[C]([Zr]([NH]C23CC4CC(C)(CC(C)(C4)C2)C3)[GeH]([CH3])[CH3])=C1C.c1ccc(-c2ccccc2)cc1. The minimum absolute atomic E-state index is 0.518. The summed E-state index contributed by atoms with van der Waals surface area (Å²) in [5.41, 5.74) is 9.34. The second kappa shape index (κ2) is 10.9. The molecule has 0 saturated heterocycles. The van der Waals surface area contributed by atoms with Crippen LogP contribution in [0.4, 0.5) is 0 Å². The Balaban J connectivity index is 0.000000204. The molecule has 0 aliphatic heterocycles. The van der Waals surface area contributed by atoms with Crippen molar-refractivity contribution in [2.75, 3.05) is 0 Å². The van der Waals surface area contributed by atoms with Gasteiger partial charge in [-0.1, -0.05) is 60.7 Å². The summed E-state index contributed by atoms with van der Waals surface area (Å²) in [6.07, 6.45) is 9.01. The van der Waals surface area contributed by atoms with E-state index in [1.807, 2.05) is 15.4 Å². The molecule has 203 valence electrons. The molecule has 5 aliphatic rings. The van der Waals surface area contributed by atoms with Crippen molar-refractivity contribution in [2.45, 2.75) is 97.1 Å². The summed E-state index contributed by atoms with van der Waals surface area (Å²) in [6.45, 7) is 15.0. The van der Waals surface area contributed by atoms with E-state index in [4.69, 9.17) is 0 Å². The molecule has 2 aromatic rings. The fourth-order valence-electron chi connectivity index (χ4n) is 9.46. The molecule has 3 atom stereocenters. The first-order valence-corrected chi connectivity index (χ1v) is 31.0. The van der Waals surface area contributed by atoms with E-state index in [-0.39, 0.29) is 0 Å². The Bertz CT molecular complexity index is 1160. The van der Waals surface area contributed by atoms with E-state index in [1.54, 1.807) is 16.7 Å². The van der Waals surface area contributed by atoms with Gasteiger partial charge in [-0.2, -0.15) is 0 Å². The third-order valence-corrected chi connectivity index (χ3v) is 38.6. The summed E-state index contributed by atoms with van der Waals surface area (Å²) in [6, 6.07) is 20.8. The van der Waals surface area contributed by atoms with Crippen molar-refractivity contribution in [1.29, 1.82) is 0 Å². The molecule has 3 heteroatoms. The van der Waals surface area contributed by atoms with E-state index in [2.05, 4.69) is 105 Å². The molecule has 0 radical (unpaired) electrons. The Kier molecular flexibility index (Phi) is 8.30. The van der Waals surface area contributed by atoms with Gasteiger partial charge in [0.15, 0.2) is 0 Å². The first-order chi connectivity index (χ1) is 17.9. The molecule has 38 heavy (non-hydrogen) atoms. The largest absolute Gasteiger partial charge is 0.0622 e. The number of rotatable bonds is 5. The molecule has 0 heterocycles. The molecule has 4 bridgehead atoms. The normalized spacial score (nSPS) is 33.6. The molecule has 2 aromatic carbocycles. The minimum atomic E-state index is -1.71. The van der Waals surface area contributed by atoms with Crippen LogP contribution in [-0.2, 0) is 19.5 Å². The molecular formula is C35H50GeNZr. The van der Waals surface area contributed by atoms with Crippen molar-refractivity contribution in [3.8, 4) is 11.1 Å². The Labute approximate surface area is 243 Å². The van der Waals surface area contributed by atoms with Crippen LogP contribution in [0.15, 0.2) is 80.7 Å². The summed E-state index contributed by atoms with van der Waals surface area (Å²) < 4.78 is 6.63. The molecular weight excluding hydrogens is 598 g/mol. The molecule has 0 aromatic heterocycles. The van der Waals surface area contributed by atoms with Crippen LogP contribution in [0.3, 0.4) is 0 Å². The van der Waals surface area contributed by atoms with Crippen molar-refractivity contribution in [3.05, 3.63) is 80.7 Å². The van der Waals surface area contributed by atoms with Gasteiger partial charge in [-0.3, -0.25) is 0 Å². The quantitative estimate of drug-likeness (QED) is 0.319. The average Bonchev–Trinajstić information content (AvgIpc) is 3.04. The van der Waals surface area contributed by atoms with Crippen LogP contribution in [0.2, 0.25) is 11.5 Å². The van der Waals surface area contributed by atoms with Gasteiger partial charge < -0.3 is 0 Å². The van der Waals surface area contributed by atoms with Gasteiger partial charge in [0, 0.05) is 0 Å². The molecule has 4 fully saturated rings. The number of benzene rings is 2. The van der Waals surface area contributed by atoms with Gasteiger partial charge in [0.05, 0.1) is 0 Å².